The van der Waals surface area contributed by atoms with Crippen molar-refractivity contribution in [3.8, 4) is 22.4 Å². The molecule has 0 unspecified atom stereocenters. The highest BCUT2D eigenvalue weighted by atomic mass is 16.2. The molecule has 0 radical (unpaired) electrons. The molecule has 8 heteroatoms. The van der Waals surface area contributed by atoms with Crippen LogP contribution in [0.3, 0.4) is 0 Å². The van der Waals surface area contributed by atoms with Gasteiger partial charge in [-0.3, -0.25) is 14.8 Å². The molecule has 1 fully saturated rings. The Labute approximate surface area is 215 Å². The lowest BCUT2D eigenvalue weighted by atomic mass is 10.0. The Morgan fingerprint density at radius 1 is 0.892 bits per heavy atom. The van der Waals surface area contributed by atoms with E-state index < -0.39 is 0 Å². The molecule has 6 rings (SSSR count). The highest BCUT2D eigenvalue weighted by molar-refractivity contribution is 6.07. The van der Waals surface area contributed by atoms with Gasteiger partial charge in [0.15, 0.2) is 0 Å². The van der Waals surface area contributed by atoms with Crippen molar-refractivity contribution < 1.29 is 4.79 Å². The summed E-state index contributed by atoms with van der Waals surface area (Å²) in [5.41, 5.74) is 7.05. The first-order chi connectivity index (χ1) is 18.0. The number of hydrogen-bond acceptors (Lipinski definition) is 6. The second-order valence-corrected chi connectivity index (χ2v) is 9.75. The van der Waals surface area contributed by atoms with Crippen molar-refractivity contribution in [3.05, 3.63) is 73.3 Å². The molecule has 1 aliphatic heterocycles. The zero-order valence-electron chi connectivity index (χ0n) is 21.1. The molecule has 1 amide bonds. The van der Waals surface area contributed by atoms with Crippen LogP contribution in [0.15, 0.2) is 73.3 Å². The van der Waals surface area contributed by atoms with Crippen LogP contribution < -0.4 is 4.90 Å². The van der Waals surface area contributed by atoms with E-state index in [-0.39, 0.29) is 5.91 Å². The quantitative estimate of drug-likeness (QED) is 0.400. The summed E-state index contributed by atoms with van der Waals surface area (Å²) >= 11 is 0. The van der Waals surface area contributed by atoms with E-state index in [9.17, 15) is 4.79 Å². The highest BCUT2D eigenvalue weighted by Crippen LogP contribution is 2.31. The van der Waals surface area contributed by atoms with Crippen LogP contribution in [-0.2, 0) is 4.79 Å². The number of anilines is 1. The van der Waals surface area contributed by atoms with Crippen LogP contribution in [-0.4, -0.2) is 82.5 Å². The van der Waals surface area contributed by atoms with E-state index in [0.29, 0.717) is 6.54 Å². The van der Waals surface area contributed by atoms with Crippen molar-refractivity contribution in [2.75, 3.05) is 51.7 Å². The van der Waals surface area contributed by atoms with E-state index in [1.54, 1.807) is 6.20 Å². The van der Waals surface area contributed by atoms with Gasteiger partial charge in [-0.15, -0.1) is 0 Å². The van der Waals surface area contributed by atoms with E-state index in [1.807, 2.05) is 54.6 Å². The van der Waals surface area contributed by atoms with Gasteiger partial charge in [0, 0.05) is 72.4 Å². The molecule has 37 heavy (non-hydrogen) atoms. The summed E-state index contributed by atoms with van der Waals surface area (Å²) in [4.78, 5) is 35.5. The Kier molecular flexibility index (Phi) is 6.02. The second kappa shape index (κ2) is 9.63. The van der Waals surface area contributed by atoms with E-state index in [1.165, 1.54) is 5.69 Å². The lowest BCUT2D eigenvalue weighted by Crippen LogP contribution is -2.50. The number of likely N-dealkylation sites (N-methyl/N-ethyl adjacent to an activating group) is 1. The minimum absolute atomic E-state index is 0.198. The smallest absolute Gasteiger partial charge is 0.236 e. The van der Waals surface area contributed by atoms with Gasteiger partial charge in [-0.05, 0) is 56.1 Å². The van der Waals surface area contributed by atoms with Crippen LogP contribution in [0.2, 0.25) is 0 Å². The number of amides is 1. The predicted octanol–water partition coefficient (Wildman–Crippen LogP) is 4.05. The molecular weight excluding hydrogens is 462 g/mol. The van der Waals surface area contributed by atoms with Gasteiger partial charge in [0.1, 0.15) is 5.65 Å². The number of fused-ring (bicyclic) bond motifs is 3. The van der Waals surface area contributed by atoms with Crippen molar-refractivity contribution in [1.29, 1.82) is 0 Å². The monoisotopic (exact) mass is 491 g/mol. The Morgan fingerprint density at radius 3 is 2.43 bits per heavy atom. The Hall–Kier alpha value is -4.30. The lowest BCUT2D eigenvalue weighted by Gasteiger charge is -2.36. The molecule has 1 N–H and O–H groups in total. The Balaban J connectivity index is 1.23. The van der Waals surface area contributed by atoms with Crippen LogP contribution >= 0.6 is 0 Å². The largest absolute Gasteiger partial charge is 0.368 e. The second-order valence-electron chi connectivity index (χ2n) is 9.75. The number of aromatic amines is 1. The zero-order valence-corrected chi connectivity index (χ0v) is 21.1. The predicted molar refractivity (Wildman–Crippen MR) is 147 cm³/mol. The summed E-state index contributed by atoms with van der Waals surface area (Å²) in [6.07, 6.45) is 7.37. The summed E-state index contributed by atoms with van der Waals surface area (Å²) in [7, 11) is 3.86. The fraction of sp³-hybridized carbons (Fsp3) is 0.241. The minimum atomic E-state index is 0.198. The SMILES string of the molecule is CN(C)CC(=O)N1CCN(c2ccc(-c3cnc4[nH]c5cnc(-c6cccnc6)cc5c4c3)cc2)CC1. The highest BCUT2D eigenvalue weighted by Gasteiger charge is 2.21. The van der Waals surface area contributed by atoms with Crippen molar-refractivity contribution in [2.24, 2.45) is 0 Å². The van der Waals surface area contributed by atoms with E-state index in [2.05, 4.69) is 56.3 Å². The van der Waals surface area contributed by atoms with Gasteiger partial charge < -0.3 is 19.7 Å². The summed E-state index contributed by atoms with van der Waals surface area (Å²) in [5.74, 6) is 0.198. The molecule has 0 atom stereocenters. The third kappa shape index (κ3) is 4.63. The van der Waals surface area contributed by atoms with Crippen molar-refractivity contribution in [3.63, 3.8) is 0 Å². The number of nitrogens with zero attached hydrogens (tertiary/aromatic N) is 6. The summed E-state index contributed by atoms with van der Waals surface area (Å²) in [5, 5.41) is 2.17. The third-order valence-electron chi connectivity index (χ3n) is 6.94. The molecule has 4 aromatic heterocycles. The topological polar surface area (TPSA) is 81.3 Å². The standard InChI is InChI=1S/C29H29N7O/c1-34(2)19-28(37)36-12-10-35(11-13-36)23-7-5-20(6-8-23)22-14-25-24-15-26(21-4-3-9-30-16-21)31-18-27(24)33-29(25)32-17-22/h3-9,14-18H,10-13,19H2,1-2H3,(H,32,33). The fourth-order valence-electron chi connectivity index (χ4n) is 4.95. The number of piperazine rings is 1. The van der Waals surface area contributed by atoms with E-state index in [0.717, 1.165) is 70.5 Å². The van der Waals surface area contributed by atoms with E-state index >= 15 is 0 Å². The maximum atomic E-state index is 12.4. The number of pyridine rings is 3. The number of carbonyl (C=O) groups is 1. The van der Waals surface area contributed by atoms with Gasteiger partial charge in [-0.1, -0.05) is 12.1 Å². The van der Waals surface area contributed by atoms with Crippen LogP contribution in [0.5, 0.6) is 0 Å². The van der Waals surface area contributed by atoms with Crippen molar-refractivity contribution in [1.82, 2.24) is 29.7 Å². The molecular formula is C29H29N7O. The Bertz CT molecular complexity index is 1550. The van der Waals surface area contributed by atoms with Crippen LogP contribution in [0.1, 0.15) is 0 Å². The molecule has 0 spiro atoms. The molecule has 5 heterocycles. The van der Waals surface area contributed by atoms with Crippen molar-refractivity contribution in [2.45, 2.75) is 0 Å². The molecule has 0 aliphatic carbocycles. The molecule has 5 aromatic rings. The summed E-state index contributed by atoms with van der Waals surface area (Å²) in [6.45, 7) is 3.66. The van der Waals surface area contributed by atoms with Gasteiger partial charge in [0.2, 0.25) is 5.91 Å². The van der Waals surface area contributed by atoms with Gasteiger partial charge in [0.05, 0.1) is 24.0 Å². The fourth-order valence-corrected chi connectivity index (χ4v) is 4.95. The third-order valence-corrected chi connectivity index (χ3v) is 6.94. The number of H-pyrrole nitrogens is 1. The van der Waals surface area contributed by atoms with Crippen LogP contribution in [0.4, 0.5) is 5.69 Å². The molecule has 1 saturated heterocycles. The first kappa shape index (κ1) is 23.1. The van der Waals surface area contributed by atoms with Crippen molar-refractivity contribution >= 4 is 33.5 Å². The number of carbonyl (C=O) groups excluding carboxylic acids is 1. The minimum Gasteiger partial charge on any atom is -0.368 e. The molecule has 0 bridgehead atoms. The summed E-state index contributed by atoms with van der Waals surface area (Å²) < 4.78 is 0. The number of nitrogens with one attached hydrogen (secondary N) is 1. The molecule has 1 aromatic carbocycles. The Morgan fingerprint density at radius 2 is 1.70 bits per heavy atom. The average molecular weight is 492 g/mol. The van der Waals surface area contributed by atoms with Gasteiger partial charge in [0.25, 0.3) is 0 Å². The number of hydrogen-bond donors (Lipinski definition) is 1. The number of aromatic nitrogens is 4. The maximum Gasteiger partial charge on any atom is 0.236 e. The van der Waals surface area contributed by atoms with Gasteiger partial charge >= 0.3 is 0 Å². The van der Waals surface area contributed by atoms with Crippen LogP contribution in [0.25, 0.3) is 44.3 Å². The maximum absolute atomic E-state index is 12.4. The lowest BCUT2D eigenvalue weighted by molar-refractivity contribution is -0.132. The van der Waals surface area contributed by atoms with E-state index in [4.69, 9.17) is 4.98 Å². The normalized spacial score (nSPS) is 14.1. The van der Waals surface area contributed by atoms with Gasteiger partial charge in [-0.25, -0.2) is 4.98 Å². The first-order valence-electron chi connectivity index (χ1n) is 12.5. The zero-order chi connectivity index (χ0) is 25.4. The average Bonchev–Trinajstić information content (AvgIpc) is 3.30. The van der Waals surface area contributed by atoms with Gasteiger partial charge in [-0.2, -0.15) is 0 Å². The number of rotatable bonds is 5. The first-order valence-corrected chi connectivity index (χ1v) is 12.5. The molecule has 8 nitrogen and oxygen atoms in total. The molecule has 1 aliphatic rings. The molecule has 0 saturated carbocycles. The summed E-state index contributed by atoms with van der Waals surface area (Å²) in [6, 6.07) is 16.9. The number of benzene rings is 1. The van der Waals surface area contributed by atoms with Crippen LogP contribution in [0, 0.1) is 0 Å². The molecule has 186 valence electrons.